The molecular weight excluding hydrogens is 278 g/mol. The zero-order valence-electron chi connectivity index (χ0n) is 12.2. The van der Waals surface area contributed by atoms with Crippen molar-refractivity contribution in [2.45, 2.75) is 0 Å². The van der Waals surface area contributed by atoms with E-state index < -0.39 is 0 Å². The Balaban J connectivity index is 1.43. The van der Waals surface area contributed by atoms with E-state index in [1.54, 1.807) is 24.7 Å². The van der Waals surface area contributed by atoms with Crippen LogP contribution in [0.4, 0.5) is 5.95 Å². The molecule has 0 bridgehead atoms. The fourth-order valence-electron chi connectivity index (χ4n) is 3.43. The zero-order chi connectivity index (χ0) is 14.9. The molecule has 2 fully saturated rings. The number of hydrogen-bond acceptors (Lipinski definition) is 5. The second kappa shape index (κ2) is 5.36. The highest BCUT2D eigenvalue weighted by Gasteiger charge is 2.42. The molecule has 2 aromatic rings. The van der Waals surface area contributed by atoms with Crippen molar-refractivity contribution in [2.24, 2.45) is 11.8 Å². The summed E-state index contributed by atoms with van der Waals surface area (Å²) < 4.78 is 0. The molecule has 2 aliphatic rings. The molecule has 112 valence electrons. The molecule has 2 atom stereocenters. The van der Waals surface area contributed by atoms with Crippen molar-refractivity contribution in [2.75, 3.05) is 31.1 Å². The summed E-state index contributed by atoms with van der Waals surface area (Å²) in [6.07, 6.45) is 5.21. The summed E-state index contributed by atoms with van der Waals surface area (Å²) in [5.74, 6) is 1.82. The van der Waals surface area contributed by atoms with Gasteiger partial charge in [-0.1, -0.05) is 6.07 Å². The molecule has 0 radical (unpaired) electrons. The number of likely N-dealkylation sites (tertiary alicyclic amines) is 1. The average Bonchev–Trinajstić information content (AvgIpc) is 3.15. The third-order valence-electron chi connectivity index (χ3n) is 4.49. The number of hydrogen-bond donors (Lipinski definition) is 0. The van der Waals surface area contributed by atoms with Crippen LogP contribution in [0.25, 0.3) is 0 Å². The fourth-order valence-corrected chi connectivity index (χ4v) is 3.43. The van der Waals surface area contributed by atoms with E-state index in [1.807, 2.05) is 23.1 Å². The predicted molar refractivity (Wildman–Crippen MR) is 81.4 cm³/mol. The normalized spacial score (nSPS) is 23.6. The number of rotatable bonds is 2. The number of aromatic nitrogens is 3. The van der Waals surface area contributed by atoms with Gasteiger partial charge >= 0.3 is 0 Å². The molecule has 2 saturated heterocycles. The van der Waals surface area contributed by atoms with E-state index in [0.717, 1.165) is 32.1 Å². The molecule has 4 heterocycles. The van der Waals surface area contributed by atoms with Gasteiger partial charge in [-0.15, -0.1) is 0 Å². The molecule has 2 aromatic heterocycles. The Morgan fingerprint density at radius 1 is 0.909 bits per heavy atom. The molecule has 4 rings (SSSR count). The lowest BCUT2D eigenvalue weighted by molar-refractivity contribution is 0.0777. The monoisotopic (exact) mass is 295 g/mol. The van der Waals surface area contributed by atoms with Crippen molar-refractivity contribution in [3.05, 3.63) is 48.5 Å². The number of amides is 1. The summed E-state index contributed by atoms with van der Waals surface area (Å²) in [6.45, 7) is 3.42. The number of nitrogens with zero attached hydrogens (tertiary/aromatic N) is 5. The van der Waals surface area contributed by atoms with Crippen LogP contribution in [0.5, 0.6) is 0 Å². The van der Waals surface area contributed by atoms with Crippen LogP contribution in [0.2, 0.25) is 0 Å². The maximum Gasteiger partial charge on any atom is 0.272 e. The molecule has 0 unspecified atom stereocenters. The molecule has 0 N–H and O–H groups in total. The van der Waals surface area contributed by atoms with Crippen LogP contribution in [-0.4, -0.2) is 51.9 Å². The lowest BCUT2D eigenvalue weighted by atomic mass is 10.0. The van der Waals surface area contributed by atoms with Crippen molar-refractivity contribution >= 4 is 11.9 Å². The second-order valence-electron chi connectivity index (χ2n) is 5.90. The lowest BCUT2D eigenvalue weighted by Gasteiger charge is -2.21. The van der Waals surface area contributed by atoms with Gasteiger partial charge in [-0.25, -0.2) is 9.97 Å². The average molecular weight is 295 g/mol. The Hall–Kier alpha value is -2.50. The Morgan fingerprint density at radius 3 is 2.23 bits per heavy atom. The first-order valence-electron chi connectivity index (χ1n) is 7.53. The summed E-state index contributed by atoms with van der Waals surface area (Å²) in [5, 5.41) is 0. The van der Waals surface area contributed by atoms with Crippen molar-refractivity contribution in [3.63, 3.8) is 0 Å². The maximum atomic E-state index is 12.5. The molecule has 0 aromatic carbocycles. The van der Waals surface area contributed by atoms with Gasteiger partial charge < -0.3 is 9.80 Å². The van der Waals surface area contributed by atoms with E-state index in [1.165, 1.54) is 0 Å². The van der Waals surface area contributed by atoms with Gasteiger partial charge in [0.05, 0.1) is 0 Å². The molecule has 22 heavy (non-hydrogen) atoms. The Labute approximate surface area is 128 Å². The first kappa shape index (κ1) is 13.2. The highest BCUT2D eigenvalue weighted by molar-refractivity contribution is 5.92. The summed E-state index contributed by atoms with van der Waals surface area (Å²) in [5.41, 5.74) is 0.533. The molecule has 0 spiro atoms. The van der Waals surface area contributed by atoms with Gasteiger partial charge in [0, 0.05) is 56.6 Å². The van der Waals surface area contributed by atoms with Gasteiger partial charge in [0.2, 0.25) is 5.95 Å². The van der Waals surface area contributed by atoms with Crippen molar-refractivity contribution in [1.82, 2.24) is 19.9 Å². The van der Waals surface area contributed by atoms with Crippen LogP contribution in [0.15, 0.2) is 42.9 Å². The van der Waals surface area contributed by atoms with E-state index in [9.17, 15) is 4.79 Å². The smallest absolute Gasteiger partial charge is 0.272 e. The maximum absolute atomic E-state index is 12.5. The SMILES string of the molecule is O=C(c1ccccn1)N1C[C@@H]2CN(c3ncccn3)C[C@H]2C1. The Morgan fingerprint density at radius 2 is 1.59 bits per heavy atom. The van der Waals surface area contributed by atoms with Crippen LogP contribution in [0, 0.1) is 11.8 Å². The molecule has 2 aliphatic heterocycles. The van der Waals surface area contributed by atoms with E-state index in [0.29, 0.717) is 17.5 Å². The van der Waals surface area contributed by atoms with Gasteiger partial charge in [-0.05, 0) is 18.2 Å². The third-order valence-corrected chi connectivity index (χ3v) is 4.49. The first-order valence-corrected chi connectivity index (χ1v) is 7.53. The van der Waals surface area contributed by atoms with Gasteiger partial charge in [0.15, 0.2) is 0 Å². The van der Waals surface area contributed by atoms with Crippen LogP contribution < -0.4 is 4.90 Å². The first-order chi connectivity index (χ1) is 10.8. The summed E-state index contributed by atoms with van der Waals surface area (Å²) in [4.78, 5) is 29.4. The molecule has 6 heteroatoms. The van der Waals surface area contributed by atoms with E-state index in [-0.39, 0.29) is 5.91 Å². The standard InChI is InChI=1S/C16H17N5O/c22-15(14-4-1-2-5-17-14)20-8-12-10-21(11-13(12)9-20)16-18-6-3-7-19-16/h1-7,12-13H,8-11H2/t12-,13-/m1/s1. The van der Waals surface area contributed by atoms with Crippen LogP contribution >= 0.6 is 0 Å². The third kappa shape index (κ3) is 2.30. The molecule has 0 saturated carbocycles. The van der Waals surface area contributed by atoms with Gasteiger partial charge in [0.1, 0.15) is 5.69 Å². The predicted octanol–water partition coefficient (Wildman–Crippen LogP) is 1.08. The zero-order valence-corrected chi connectivity index (χ0v) is 12.2. The Bertz CT molecular complexity index is 649. The van der Waals surface area contributed by atoms with Crippen LogP contribution in [0.3, 0.4) is 0 Å². The van der Waals surface area contributed by atoms with Crippen LogP contribution in [-0.2, 0) is 0 Å². The lowest BCUT2D eigenvalue weighted by Crippen LogP contribution is -2.34. The quantitative estimate of drug-likeness (QED) is 0.829. The largest absolute Gasteiger partial charge is 0.340 e. The topological polar surface area (TPSA) is 62.2 Å². The number of fused-ring (bicyclic) bond motifs is 1. The second-order valence-corrected chi connectivity index (χ2v) is 5.90. The molecule has 0 aliphatic carbocycles. The molecule has 6 nitrogen and oxygen atoms in total. The van der Waals surface area contributed by atoms with Crippen molar-refractivity contribution < 1.29 is 4.79 Å². The van der Waals surface area contributed by atoms with E-state index in [2.05, 4.69) is 19.9 Å². The number of anilines is 1. The van der Waals surface area contributed by atoms with E-state index in [4.69, 9.17) is 0 Å². The number of pyridine rings is 1. The minimum atomic E-state index is 0.0394. The molecular formula is C16H17N5O. The van der Waals surface area contributed by atoms with E-state index >= 15 is 0 Å². The number of carbonyl (C=O) groups is 1. The van der Waals surface area contributed by atoms with Crippen LogP contribution in [0.1, 0.15) is 10.5 Å². The Kier molecular flexibility index (Phi) is 3.21. The summed E-state index contributed by atoms with van der Waals surface area (Å²) in [7, 11) is 0. The van der Waals surface area contributed by atoms with Gasteiger partial charge in [0.25, 0.3) is 5.91 Å². The van der Waals surface area contributed by atoms with Gasteiger partial charge in [-0.3, -0.25) is 9.78 Å². The van der Waals surface area contributed by atoms with Crippen molar-refractivity contribution in [1.29, 1.82) is 0 Å². The summed E-state index contributed by atoms with van der Waals surface area (Å²) in [6, 6.07) is 7.28. The highest BCUT2D eigenvalue weighted by Crippen LogP contribution is 2.33. The molecule has 1 amide bonds. The summed E-state index contributed by atoms with van der Waals surface area (Å²) >= 11 is 0. The van der Waals surface area contributed by atoms with Crippen molar-refractivity contribution in [3.8, 4) is 0 Å². The minimum Gasteiger partial charge on any atom is -0.340 e. The van der Waals surface area contributed by atoms with Gasteiger partial charge in [-0.2, -0.15) is 0 Å². The number of carbonyl (C=O) groups excluding carboxylic acids is 1. The minimum absolute atomic E-state index is 0.0394. The highest BCUT2D eigenvalue weighted by atomic mass is 16.2. The fraction of sp³-hybridized carbons (Fsp3) is 0.375.